The molecule has 2 atom stereocenters. The smallest absolute Gasteiger partial charge is 0.323 e. The van der Waals surface area contributed by atoms with E-state index in [9.17, 15) is 9.59 Å². The number of ether oxygens (including phenoxy) is 1. The van der Waals surface area contributed by atoms with Crippen molar-refractivity contribution >= 4 is 11.8 Å². The van der Waals surface area contributed by atoms with Gasteiger partial charge in [0.15, 0.2) is 5.78 Å². The average Bonchev–Trinajstić information content (AvgIpc) is 2.43. The quantitative estimate of drug-likeness (QED) is 0.691. The minimum absolute atomic E-state index is 0.0598. The fourth-order valence-corrected chi connectivity index (χ4v) is 1.62. The van der Waals surface area contributed by atoms with Crippen LogP contribution in [0.15, 0.2) is 30.3 Å². The zero-order valence-electron chi connectivity index (χ0n) is 11.3. The number of hydrogen-bond donors (Lipinski definition) is 2. The van der Waals surface area contributed by atoms with Crippen molar-refractivity contribution < 1.29 is 14.3 Å². The van der Waals surface area contributed by atoms with Gasteiger partial charge in [-0.15, -0.1) is 0 Å². The molecule has 5 nitrogen and oxygen atoms in total. The van der Waals surface area contributed by atoms with Crippen LogP contribution in [0.4, 0.5) is 0 Å². The van der Waals surface area contributed by atoms with Crippen molar-refractivity contribution in [3.8, 4) is 0 Å². The second kappa shape index (κ2) is 7.66. The Hall–Kier alpha value is -1.72. The van der Waals surface area contributed by atoms with E-state index in [0.717, 1.165) is 5.56 Å². The van der Waals surface area contributed by atoms with E-state index in [1.165, 1.54) is 7.11 Å². The van der Waals surface area contributed by atoms with Gasteiger partial charge in [-0.25, -0.2) is 0 Å². The van der Waals surface area contributed by atoms with Crippen LogP contribution in [0.2, 0.25) is 0 Å². The second-order valence-electron chi connectivity index (χ2n) is 4.40. The lowest BCUT2D eigenvalue weighted by Gasteiger charge is -2.16. The molecule has 0 amide bonds. The van der Waals surface area contributed by atoms with Gasteiger partial charge in [-0.2, -0.15) is 0 Å². The molecule has 0 radical (unpaired) electrons. The maximum Gasteiger partial charge on any atom is 0.323 e. The summed E-state index contributed by atoms with van der Waals surface area (Å²) in [6.07, 6.45) is 0.472. The van der Waals surface area contributed by atoms with Crippen molar-refractivity contribution in [3.05, 3.63) is 35.9 Å². The van der Waals surface area contributed by atoms with Crippen molar-refractivity contribution in [2.45, 2.75) is 25.4 Å². The molecule has 1 rings (SSSR count). The maximum atomic E-state index is 11.7. The summed E-state index contributed by atoms with van der Waals surface area (Å²) < 4.78 is 4.73. The molecule has 0 bridgehead atoms. The van der Waals surface area contributed by atoms with Gasteiger partial charge >= 0.3 is 5.97 Å². The molecular weight excluding hydrogens is 244 g/mol. The van der Waals surface area contributed by atoms with E-state index in [1.54, 1.807) is 6.92 Å². The molecule has 0 aromatic heterocycles. The van der Waals surface area contributed by atoms with Crippen LogP contribution in [-0.4, -0.2) is 37.5 Å². The zero-order chi connectivity index (χ0) is 14.3. The van der Waals surface area contributed by atoms with Crippen molar-refractivity contribution in [1.29, 1.82) is 0 Å². The van der Waals surface area contributed by atoms with E-state index < -0.39 is 12.1 Å². The third-order valence-electron chi connectivity index (χ3n) is 2.80. The van der Waals surface area contributed by atoms with E-state index >= 15 is 0 Å². The van der Waals surface area contributed by atoms with Crippen LogP contribution >= 0.6 is 0 Å². The Bertz CT molecular complexity index is 418. The summed E-state index contributed by atoms with van der Waals surface area (Å²) in [5, 5.41) is 2.90. The number of carbonyl (C=O) groups excluding carboxylic acids is 2. The van der Waals surface area contributed by atoms with Gasteiger partial charge in [0, 0.05) is 0 Å². The molecule has 0 fully saturated rings. The zero-order valence-corrected chi connectivity index (χ0v) is 11.3. The second-order valence-corrected chi connectivity index (χ2v) is 4.40. The van der Waals surface area contributed by atoms with E-state index in [4.69, 9.17) is 10.5 Å². The molecule has 5 heteroatoms. The molecule has 3 N–H and O–H groups in total. The van der Waals surface area contributed by atoms with Gasteiger partial charge in [0.2, 0.25) is 0 Å². The van der Waals surface area contributed by atoms with Gasteiger partial charge in [-0.05, 0) is 18.9 Å². The number of nitrogens with two attached hydrogens (primary N) is 1. The summed E-state index contributed by atoms with van der Waals surface area (Å²) in [5.74, 6) is -0.525. The first-order valence-electron chi connectivity index (χ1n) is 6.18. The third-order valence-corrected chi connectivity index (χ3v) is 2.80. The normalized spacial score (nSPS) is 13.6. The molecule has 0 aliphatic rings. The predicted octanol–water partition coefficient (Wildman–Crippen LogP) is 0.277. The Balaban J connectivity index is 2.63. The van der Waals surface area contributed by atoms with Gasteiger partial charge in [-0.3, -0.25) is 14.9 Å². The molecule has 0 saturated heterocycles. The molecule has 19 heavy (non-hydrogen) atoms. The summed E-state index contributed by atoms with van der Waals surface area (Å²) in [6.45, 7) is 1.68. The first kappa shape index (κ1) is 15.3. The molecule has 104 valence electrons. The van der Waals surface area contributed by atoms with Crippen LogP contribution in [0.25, 0.3) is 0 Å². The van der Waals surface area contributed by atoms with Gasteiger partial charge in [0.05, 0.1) is 19.7 Å². The van der Waals surface area contributed by atoms with Crippen LogP contribution in [0.1, 0.15) is 12.5 Å². The number of rotatable bonds is 7. The van der Waals surface area contributed by atoms with Crippen molar-refractivity contribution in [1.82, 2.24) is 5.32 Å². The van der Waals surface area contributed by atoms with E-state index in [2.05, 4.69) is 5.32 Å². The number of hydrogen-bond acceptors (Lipinski definition) is 5. The van der Waals surface area contributed by atoms with Gasteiger partial charge in [-0.1, -0.05) is 30.3 Å². The number of Topliss-reactive ketones (excluding diaryl/α,β-unsaturated/α-hetero) is 1. The van der Waals surface area contributed by atoms with Crippen LogP contribution in [-0.2, 0) is 20.7 Å². The van der Waals surface area contributed by atoms with E-state index in [-0.39, 0.29) is 18.3 Å². The molecular formula is C14H20N2O3. The highest BCUT2D eigenvalue weighted by Gasteiger charge is 2.20. The molecule has 0 saturated carbocycles. The predicted molar refractivity (Wildman–Crippen MR) is 72.6 cm³/mol. The number of nitrogens with one attached hydrogen (secondary N) is 1. The summed E-state index contributed by atoms with van der Waals surface area (Å²) >= 11 is 0. The van der Waals surface area contributed by atoms with Crippen LogP contribution in [0.5, 0.6) is 0 Å². The molecule has 0 aliphatic carbocycles. The standard InChI is InChI=1S/C14H20N2O3/c1-10(15)13(17)9-16-12(14(18)19-2)8-11-6-4-3-5-7-11/h3-7,10,12,16H,8-9,15H2,1-2H3. The van der Waals surface area contributed by atoms with Gasteiger partial charge in [0.25, 0.3) is 0 Å². The molecule has 0 heterocycles. The first-order valence-corrected chi connectivity index (χ1v) is 6.18. The lowest BCUT2D eigenvalue weighted by atomic mass is 10.1. The Labute approximate surface area is 113 Å². The average molecular weight is 264 g/mol. The lowest BCUT2D eigenvalue weighted by molar-refractivity contribution is -0.143. The minimum Gasteiger partial charge on any atom is -0.468 e. The highest BCUT2D eigenvalue weighted by Crippen LogP contribution is 2.04. The number of ketones is 1. The Morgan fingerprint density at radius 3 is 2.47 bits per heavy atom. The third kappa shape index (κ3) is 5.19. The Morgan fingerprint density at radius 2 is 1.95 bits per heavy atom. The lowest BCUT2D eigenvalue weighted by Crippen LogP contribution is -2.45. The molecule has 1 aromatic carbocycles. The Kier molecular flexibility index (Phi) is 6.18. The highest BCUT2D eigenvalue weighted by atomic mass is 16.5. The topological polar surface area (TPSA) is 81.4 Å². The summed E-state index contributed by atoms with van der Waals surface area (Å²) in [4.78, 5) is 23.1. The molecule has 0 aliphatic heterocycles. The van der Waals surface area contributed by atoms with Gasteiger partial charge in [0.1, 0.15) is 6.04 Å². The SMILES string of the molecule is COC(=O)C(Cc1ccccc1)NCC(=O)C(C)N. The molecule has 0 spiro atoms. The number of benzene rings is 1. The fraction of sp³-hybridized carbons (Fsp3) is 0.429. The summed E-state index contributed by atoms with van der Waals surface area (Å²) in [7, 11) is 1.33. The summed E-state index contributed by atoms with van der Waals surface area (Å²) in [6, 6.07) is 8.46. The first-order chi connectivity index (χ1) is 9.04. The summed E-state index contributed by atoms with van der Waals surface area (Å²) in [5.41, 5.74) is 6.48. The number of esters is 1. The number of carbonyl (C=O) groups is 2. The van der Waals surface area contributed by atoms with Crippen LogP contribution < -0.4 is 11.1 Å². The number of methoxy groups -OCH3 is 1. The minimum atomic E-state index is -0.546. The van der Waals surface area contributed by atoms with Crippen molar-refractivity contribution in [2.24, 2.45) is 5.73 Å². The largest absolute Gasteiger partial charge is 0.468 e. The van der Waals surface area contributed by atoms with Crippen molar-refractivity contribution in [2.75, 3.05) is 13.7 Å². The monoisotopic (exact) mass is 264 g/mol. The molecule has 1 aromatic rings. The van der Waals surface area contributed by atoms with Crippen LogP contribution in [0.3, 0.4) is 0 Å². The van der Waals surface area contributed by atoms with Crippen molar-refractivity contribution in [3.63, 3.8) is 0 Å². The van der Waals surface area contributed by atoms with E-state index in [0.29, 0.717) is 6.42 Å². The Morgan fingerprint density at radius 1 is 1.32 bits per heavy atom. The molecule has 2 unspecified atom stereocenters. The van der Waals surface area contributed by atoms with Gasteiger partial charge < -0.3 is 10.5 Å². The fourth-order valence-electron chi connectivity index (χ4n) is 1.62. The van der Waals surface area contributed by atoms with Crippen LogP contribution in [0, 0.1) is 0 Å². The maximum absolute atomic E-state index is 11.7. The van der Waals surface area contributed by atoms with E-state index in [1.807, 2.05) is 30.3 Å². The highest BCUT2D eigenvalue weighted by molar-refractivity contribution is 5.86.